The molecule has 9 heteroatoms. The number of methoxy groups -OCH3 is 1. The van der Waals surface area contributed by atoms with E-state index < -0.39 is 0 Å². The Hall–Kier alpha value is -4.53. The number of amides is 2. The molecule has 0 fully saturated rings. The van der Waals surface area contributed by atoms with Crippen molar-refractivity contribution in [2.24, 2.45) is 7.05 Å². The summed E-state index contributed by atoms with van der Waals surface area (Å²) in [6.45, 7) is 1.94. The van der Waals surface area contributed by atoms with E-state index in [-0.39, 0.29) is 17.6 Å². The van der Waals surface area contributed by atoms with Gasteiger partial charge in [-0.2, -0.15) is 5.10 Å². The molecule has 3 heterocycles. The van der Waals surface area contributed by atoms with Gasteiger partial charge in [0.25, 0.3) is 0 Å². The Morgan fingerprint density at radius 2 is 2.03 bits per heavy atom. The van der Waals surface area contributed by atoms with Crippen molar-refractivity contribution in [3.63, 3.8) is 0 Å². The quantitative estimate of drug-likeness (QED) is 0.397. The van der Waals surface area contributed by atoms with Crippen LogP contribution in [0.4, 0.5) is 10.5 Å². The highest BCUT2D eigenvalue weighted by molar-refractivity contribution is 6.16. The summed E-state index contributed by atoms with van der Waals surface area (Å²) in [6, 6.07) is 10.3. The van der Waals surface area contributed by atoms with E-state index in [2.05, 4.69) is 20.7 Å². The number of allylic oxidation sites excluding steroid dienone is 1. The number of carbonyl (C=O) groups is 2. The minimum Gasteiger partial charge on any atom is -0.497 e. The third kappa shape index (κ3) is 3.57. The predicted molar refractivity (Wildman–Crippen MR) is 129 cm³/mol. The summed E-state index contributed by atoms with van der Waals surface area (Å²) in [5, 5.41) is 10.5. The average molecular weight is 457 g/mol. The van der Waals surface area contributed by atoms with E-state index in [4.69, 9.17) is 9.47 Å². The van der Waals surface area contributed by atoms with Gasteiger partial charge in [0.1, 0.15) is 11.5 Å². The number of nitrogens with one attached hydrogen (secondary N) is 3. The molecule has 5 rings (SSSR count). The molecule has 0 spiro atoms. The molecule has 9 nitrogen and oxygen atoms in total. The normalized spacial score (nSPS) is 13.8. The van der Waals surface area contributed by atoms with Crippen molar-refractivity contribution in [1.82, 2.24) is 20.1 Å². The van der Waals surface area contributed by atoms with Crippen LogP contribution in [0, 0.1) is 6.92 Å². The number of Topliss-reactive ketones (excluding diaryl/α,β-unsaturated/α-hetero) is 1. The van der Waals surface area contributed by atoms with Crippen LogP contribution in [0.2, 0.25) is 0 Å². The maximum Gasteiger partial charge on any atom is 0.318 e. The fraction of sp³-hybridized carbons (Fsp3) is 0.160. The standard InChI is InChI=1S/C25H23N5O4/c1-13-19(12-30(3)29-13)23-17(16-10-15(33-4)6-7-20(16)28-23)11-22-24(31)18-9-14(27-25(32)26-2)5-8-21(18)34-22/h5-12,28H,1-4H3,(H2,26,27,32). The zero-order valence-electron chi connectivity index (χ0n) is 19.1. The molecule has 0 saturated carbocycles. The maximum absolute atomic E-state index is 13.2. The molecule has 0 unspecified atom stereocenters. The first-order valence-electron chi connectivity index (χ1n) is 10.6. The van der Waals surface area contributed by atoms with Gasteiger partial charge in [0.05, 0.1) is 24.1 Å². The number of nitrogens with zero attached hydrogens (tertiary/aromatic N) is 2. The number of aryl methyl sites for hydroxylation is 2. The van der Waals surface area contributed by atoms with Crippen LogP contribution >= 0.6 is 0 Å². The van der Waals surface area contributed by atoms with Crippen molar-refractivity contribution in [2.75, 3.05) is 19.5 Å². The fourth-order valence-electron chi connectivity index (χ4n) is 4.12. The predicted octanol–water partition coefficient (Wildman–Crippen LogP) is 4.25. The van der Waals surface area contributed by atoms with Crippen LogP contribution in [0.1, 0.15) is 21.6 Å². The molecule has 0 atom stereocenters. The molecule has 3 N–H and O–H groups in total. The zero-order chi connectivity index (χ0) is 24.0. The highest BCUT2D eigenvalue weighted by atomic mass is 16.5. The molecule has 0 saturated heterocycles. The van der Waals surface area contributed by atoms with Crippen LogP contribution in [0.3, 0.4) is 0 Å². The Labute approximate surface area is 195 Å². The number of carbonyl (C=O) groups excluding carboxylic acids is 2. The first-order chi connectivity index (χ1) is 16.4. The number of ether oxygens (including phenoxy) is 2. The summed E-state index contributed by atoms with van der Waals surface area (Å²) in [6.07, 6.45) is 3.68. The number of hydrogen-bond donors (Lipinski definition) is 3. The van der Waals surface area contributed by atoms with E-state index in [1.54, 1.807) is 36.1 Å². The summed E-state index contributed by atoms with van der Waals surface area (Å²) in [7, 11) is 5.00. The van der Waals surface area contributed by atoms with E-state index >= 15 is 0 Å². The Kier molecular flexibility index (Phi) is 5.09. The van der Waals surface area contributed by atoms with Gasteiger partial charge in [-0.15, -0.1) is 0 Å². The van der Waals surface area contributed by atoms with E-state index in [9.17, 15) is 9.59 Å². The first-order valence-corrected chi connectivity index (χ1v) is 10.6. The fourth-order valence-corrected chi connectivity index (χ4v) is 4.12. The number of aromatic amines is 1. The summed E-state index contributed by atoms with van der Waals surface area (Å²) in [4.78, 5) is 28.3. The molecule has 2 aromatic carbocycles. The molecule has 2 aromatic heterocycles. The Morgan fingerprint density at radius 3 is 2.74 bits per heavy atom. The summed E-state index contributed by atoms with van der Waals surface area (Å²) in [5.74, 6) is 1.07. The molecule has 1 aliphatic heterocycles. The van der Waals surface area contributed by atoms with Gasteiger partial charge < -0.3 is 25.1 Å². The first kappa shape index (κ1) is 21.3. The Morgan fingerprint density at radius 1 is 1.21 bits per heavy atom. The van der Waals surface area contributed by atoms with Crippen LogP contribution in [-0.2, 0) is 7.05 Å². The van der Waals surface area contributed by atoms with Crippen LogP contribution in [0.25, 0.3) is 28.2 Å². The lowest BCUT2D eigenvalue weighted by Crippen LogP contribution is -2.24. The molecule has 0 bridgehead atoms. The lowest BCUT2D eigenvalue weighted by Gasteiger charge is -2.04. The molecule has 0 radical (unpaired) electrons. The monoisotopic (exact) mass is 457 g/mol. The topological polar surface area (TPSA) is 110 Å². The number of urea groups is 1. The SMILES string of the molecule is CNC(=O)Nc1ccc2c(c1)C(=O)C(=Cc1c(-c3cn(C)nc3C)[nH]c3ccc(OC)cc13)O2. The number of ketones is 1. The van der Waals surface area contributed by atoms with Crippen molar-refractivity contribution in [1.29, 1.82) is 0 Å². The second kappa shape index (κ2) is 8.11. The van der Waals surface area contributed by atoms with Gasteiger partial charge in [-0.3, -0.25) is 9.48 Å². The summed E-state index contributed by atoms with van der Waals surface area (Å²) >= 11 is 0. The highest BCUT2D eigenvalue weighted by Crippen LogP contribution is 2.38. The average Bonchev–Trinajstić information content (AvgIpc) is 3.46. The van der Waals surface area contributed by atoms with Crippen LogP contribution in [-0.4, -0.2) is 40.7 Å². The summed E-state index contributed by atoms with van der Waals surface area (Å²) < 4.78 is 13.1. The number of fused-ring (bicyclic) bond motifs is 2. The minimum atomic E-state index is -0.369. The van der Waals surface area contributed by atoms with E-state index in [1.165, 1.54) is 7.05 Å². The van der Waals surface area contributed by atoms with Crippen LogP contribution in [0.15, 0.2) is 48.4 Å². The third-order valence-corrected chi connectivity index (χ3v) is 5.76. The summed E-state index contributed by atoms with van der Waals surface area (Å²) in [5.41, 5.74) is 5.18. The molecule has 4 aromatic rings. The lowest BCUT2D eigenvalue weighted by molar-refractivity contribution is 0.101. The number of aromatic nitrogens is 3. The lowest BCUT2D eigenvalue weighted by atomic mass is 10.0. The van der Waals surface area contributed by atoms with Gasteiger partial charge in [-0.25, -0.2) is 4.79 Å². The zero-order valence-corrected chi connectivity index (χ0v) is 19.1. The van der Waals surface area contributed by atoms with E-state index in [1.807, 2.05) is 38.4 Å². The number of anilines is 1. The molecule has 172 valence electrons. The highest BCUT2D eigenvalue weighted by Gasteiger charge is 2.29. The van der Waals surface area contributed by atoms with Gasteiger partial charge in [0, 0.05) is 48.0 Å². The second-order valence-corrected chi connectivity index (χ2v) is 7.98. The van der Waals surface area contributed by atoms with Crippen molar-refractivity contribution in [3.8, 4) is 22.8 Å². The largest absolute Gasteiger partial charge is 0.497 e. The van der Waals surface area contributed by atoms with Crippen molar-refractivity contribution in [3.05, 3.63) is 65.2 Å². The van der Waals surface area contributed by atoms with Gasteiger partial charge in [0.2, 0.25) is 5.78 Å². The van der Waals surface area contributed by atoms with Gasteiger partial charge in [0.15, 0.2) is 5.76 Å². The van der Waals surface area contributed by atoms with Crippen molar-refractivity contribution < 1.29 is 19.1 Å². The molecule has 2 amide bonds. The molecule has 34 heavy (non-hydrogen) atoms. The smallest absolute Gasteiger partial charge is 0.318 e. The van der Waals surface area contributed by atoms with Crippen LogP contribution < -0.4 is 20.1 Å². The number of rotatable bonds is 4. The molecular weight excluding hydrogens is 434 g/mol. The molecule has 0 aliphatic carbocycles. The van der Waals surface area contributed by atoms with E-state index in [0.29, 0.717) is 22.7 Å². The molecule has 1 aliphatic rings. The third-order valence-electron chi connectivity index (χ3n) is 5.76. The minimum absolute atomic E-state index is 0.193. The van der Waals surface area contributed by atoms with Crippen LogP contribution in [0.5, 0.6) is 11.5 Å². The van der Waals surface area contributed by atoms with Gasteiger partial charge >= 0.3 is 6.03 Å². The maximum atomic E-state index is 13.2. The second-order valence-electron chi connectivity index (χ2n) is 7.98. The number of hydrogen-bond acceptors (Lipinski definition) is 5. The van der Waals surface area contributed by atoms with Crippen molar-refractivity contribution >= 4 is 34.5 Å². The Balaban J connectivity index is 1.63. The van der Waals surface area contributed by atoms with Gasteiger partial charge in [-0.05, 0) is 49.4 Å². The molecular formula is C25H23N5O4. The number of benzene rings is 2. The Bertz CT molecular complexity index is 1490. The van der Waals surface area contributed by atoms with Crippen molar-refractivity contribution in [2.45, 2.75) is 6.92 Å². The van der Waals surface area contributed by atoms with Gasteiger partial charge in [-0.1, -0.05) is 0 Å². The number of H-pyrrole nitrogens is 1. The van der Waals surface area contributed by atoms with E-state index in [0.717, 1.165) is 33.4 Å².